The number of ketones is 1. The monoisotopic (exact) mass is 464 g/mol. The zero-order chi connectivity index (χ0) is 23.3. The van der Waals surface area contributed by atoms with Crippen molar-refractivity contribution >= 4 is 23.0 Å². The van der Waals surface area contributed by atoms with Gasteiger partial charge in [0.1, 0.15) is 27.1 Å². The number of benzene rings is 2. The van der Waals surface area contributed by atoms with Gasteiger partial charge in [0.25, 0.3) is 5.91 Å². The van der Waals surface area contributed by atoms with E-state index in [0.717, 1.165) is 16.7 Å². The lowest BCUT2D eigenvalue weighted by atomic mass is 9.81. The molecule has 1 saturated heterocycles. The summed E-state index contributed by atoms with van der Waals surface area (Å²) in [7, 11) is 0. The van der Waals surface area contributed by atoms with Crippen LogP contribution in [0.5, 0.6) is 5.75 Å². The number of hydrogen-bond acceptors (Lipinski definition) is 5. The van der Waals surface area contributed by atoms with Gasteiger partial charge in [-0.25, -0.2) is 9.37 Å². The number of hydrogen-bond donors (Lipinski definition) is 0. The summed E-state index contributed by atoms with van der Waals surface area (Å²) in [6.07, 6.45) is 1.57. The molecule has 2 aliphatic heterocycles. The van der Waals surface area contributed by atoms with Crippen LogP contribution in [0, 0.1) is 26.6 Å². The number of carbonyl (C=O) groups excluding carboxylic acids is 2. The molecular formula is C26H25FN2O3S. The maximum Gasteiger partial charge on any atom is 0.265 e. The molecule has 1 fully saturated rings. The van der Waals surface area contributed by atoms with Crippen LogP contribution in [0.25, 0.3) is 10.6 Å². The Balaban J connectivity index is 1.32. The van der Waals surface area contributed by atoms with Gasteiger partial charge in [-0.2, -0.15) is 0 Å². The third kappa shape index (κ3) is 3.95. The number of ether oxygens (including phenoxy) is 1. The van der Waals surface area contributed by atoms with E-state index in [4.69, 9.17) is 4.74 Å². The minimum Gasteiger partial charge on any atom is -0.486 e. The van der Waals surface area contributed by atoms with E-state index in [2.05, 4.69) is 4.98 Å². The van der Waals surface area contributed by atoms with E-state index in [1.54, 1.807) is 12.1 Å². The van der Waals surface area contributed by atoms with E-state index in [0.29, 0.717) is 59.2 Å². The molecule has 3 heterocycles. The number of aromatic nitrogens is 1. The second kappa shape index (κ2) is 8.06. The molecule has 0 atom stereocenters. The molecule has 0 unspecified atom stereocenters. The number of nitrogens with zero attached hydrogens (tertiary/aromatic N) is 2. The lowest BCUT2D eigenvalue weighted by Crippen LogP contribution is -2.52. The van der Waals surface area contributed by atoms with E-state index < -0.39 is 5.60 Å². The number of thiazole rings is 1. The first kappa shape index (κ1) is 21.8. The maximum atomic E-state index is 13.3. The van der Waals surface area contributed by atoms with Crippen molar-refractivity contribution in [2.45, 2.75) is 45.6 Å². The fourth-order valence-corrected chi connectivity index (χ4v) is 5.91. The molecule has 2 aliphatic rings. The second-order valence-corrected chi connectivity index (χ2v) is 10.1. The van der Waals surface area contributed by atoms with Gasteiger partial charge in [-0.05, 0) is 62.2 Å². The molecule has 33 heavy (non-hydrogen) atoms. The van der Waals surface area contributed by atoms with Gasteiger partial charge in [0.15, 0.2) is 5.78 Å². The van der Waals surface area contributed by atoms with Gasteiger partial charge in [-0.1, -0.05) is 6.07 Å². The van der Waals surface area contributed by atoms with Crippen LogP contribution in [0.3, 0.4) is 0 Å². The summed E-state index contributed by atoms with van der Waals surface area (Å²) in [6.45, 7) is 6.82. The summed E-state index contributed by atoms with van der Waals surface area (Å²) in [6, 6.07) is 10.1. The quantitative estimate of drug-likeness (QED) is 0.501. The molecule has 0 bridgehead atoms. The van der Waals surface area contributed by atoms with E-state index in [1.165, 1.54) is 23.5 Å². The largest absolute Gasteiger partial charge is 0.486 e. The highest BCUT2D eigenvalue weighted by molar-refractivity contribution is 7.17. The molecule has 3 aromatic rings. The molecule has 2 aromatic carbocycles. The minimum atomic E-state index is -0.552. The number of piperidine rings is 1. The predicted molar refractivity (Wildman–Crippen MR) is 126 cm³/mol. The molecule has 170 valence electrons. The van der Waals surface area contributed by atoms with E-state index in [-0.39, 0.29) is 17.5 Å². The van der Waals surface area contributed by atoms with Crippen molar-refractivity contribution in [1.82, 2.24) is 9.88 Å². The predicted octanol–water partition coefficient (Wildman–Crippen LogP) is 5.51. The highest BCUT2D eigenvalue weighted by Gasteiger charge is 2.44. The first-order valence-electron chi connectivity index (χ1n) is 11.1. The smallest absolute Gasteiger partial charge is 0.265 e. The summed E-state index contributed by atoms with van der Waals surface area (Å²) >= 11 is 1.33. The third-order valence-corrected chi connectivity index (χ3v) is 7.77. The molecule has 1 amide bonds. The Morgan fingerprint density at radius 1 is 1.12 bits per heavy atom. The molecule has 1 aromatic heterocycles. The summed E-state index contributed by atoms with van der Waals surface area (Å²) in [5.74, 6) is 0.436. The van der Waals surface area contributed by atoms with Crippen molar-refractivity contribution < 1.29 is 18.7 Å². The molecule has 1 spiro atoms. The Kier molecular flexibility index (Phi) is 5.32. The van der Waals surface area contributed by atoms with Crippen LogP contribution in [0.1, 0.15) is 56.1 Å². The minimum absolute atomic E-state index is 0.0533. The van der Waals surface area contributed by atoms with Crippen LogP contribution in [0.4, 0.5) is 4.39 Å². The summed E-state index contributed by atoms with van der Waals surface area (Å²) in [4.78, 5) is 33.2. The van der Waals surface area contributed by atoms with Crippen LogP contribution < -0.4 is 4.74 Å². The molecule has 7 heteroatoms. The van der Waals surface area contributed by atoms with Crippen LogP contribution >= 0.6 is 11.3 Å². The van der Waals surface area contributed by atoms with E-state index in [9.17, 15) is 14.0 Å². The lowest BCUT2D eigenvalue weighted by molar-refractivity contribution is -0.00570. The van der Waals surface area contributed by atoms with Crippen LogP contribution in [-0.4, -0.2) is 40.3 Å². The fraction of sp³-hybridized carbons (Fsp3) is 0.346. The molecular weight excluding hydrogens is 439 g/mol. The molecule has 0 N–H and O–H groups in total. The Morgan fingerprint density at radius 3 is 2.52 bits per heavy atom. The Labute approximate surface area is 196 Å². The lowest BCUT2D eigenvalue weighted by Gasteiger charge is -2.44. The topological polar surface area (TPSA) is 59.5 Å². The molecule has 5 rings (SSSR count). The number of likely N-dealkylation sites (tertiary alicyclic amines) is 1. The van der Waals surface area contributed by atoms with Gasteiger partial charge in [0.05, 0.1) is 17.7 Å². The number of carbonyl (C=O) groups is 2. The number of aryl methyl sites for hydroxylation is 3. The normalized spacial score (nSPS) is 17.1. The SMILES string of the molecule is Cc1cc(C)c2c(c1)OC1(CCN(C(=O)c3sc(-c4ccc(F)cc4)nc3C)CC1)CC2=O. The highest BCUT2D eigenvalue weighted by Crippen LogP contribution is 2.41. The Bertz CT molecular complexity index is 1260. The molecule has 5 nitrogen and oxygen atoms in total. The van der Waals surface area contributed by atoms with Crippen LogP contribution in [0.2, 0.25) is 0 Å². The van der Waals surface area contributed by atoms with Crippen molar-refractivity contribution in [3.8, 4) is 16.3 Å². The second-order valence-electron chi connectivity index (χ2n) is 9.07. The zero-order valence-electron chi connectivity index (χ0n) is 18.9. The number of Topliss-reactive ketones (excluding diaryl/α,β-unsaturated/α-hetero) is 1. The average molecular weight is 465 g/mol. The van der Waals surface area contributed by atoms with Crippen molar-refractivity contribution in [3.05, 3.63) is 69.5 Å². The summed E-state index contributed by atoms with van der Waals surface area (Å²) in [5.41, 5.74) is 3.63. The van der Waals surface area contributed by atoms with Crippen molar-refractivity contribution in [2.75, 3.05) is 13.1 Å². The summed E-state index contributed by atoms with van der Waals surface area (Å²) < 4.78 is 19.7. The fourth-order valence-electron chi connectivity index (χ4n) is 4.87. The standard InChI is InChI=1S/C26H25FN2O3S/c1-15-12-16(2)22-20(30)14-26(32-21(22)13-15)8-10-29(11-9-26)25(31)23-17(3)28-24(33-23)18-4-6-19(27)7-5-18/h4-7,12-13H,8-11,14H2,1-3H3. The van der Waals surface area contributed by atoms with Gasteiger partial charge in [0, 0.05) is 31.5 Å². The zero-order valence-corrected chi connectivity index (χ0v) is 19.7. The Hall–Kier alpha value is -3.06. The van der Waals surface area contributed by atoms with Crippen LogP contribution in [-0.2, 0) is 0 Å². The maximum absolute atomic E-state index is 13.3. The Morgan fingerprint density at radius 2 is 1.82 bits per heavy atom. The average Bonchev–Trinajstić information content (AvgIpc) is 3.15. The van der Waals surface area contributed by atoms with Crippen LogP contribution in [0.15, 0.2) is 36.4 Å². The third-order valence-electron chi connectivity index (χ3n) is 6.58. The van der Waals surface area contributed by atoms with Gasteiger partial charge >= 0.3 is 0 Å². The van der Waals surface area contributed by atoms with E-state index >= 15 is 0 Å². The van der Waals surface area contributed by atoms with Gasteiger partial charge < -0.3 is 9.64 Å². The van der Waals surface area contributed by atoms with Crippen molar-refractivity contribution in [3.63, 3.8) is 0 Å². The molecule has 0 saturated carbocycles. The summed E-state index contributed by atoms with van der Waals surface area (Å²) in [5, 5.41) is 0.702. The van der Waals surface area contributed by atoms with Crippen molar-refractivity contribution in [1.29, 1.82) is 0 Å². The highest BCUT2D eigenvalue weighted by atomic mass is 32.1. The van der Waals surface area contributed by atoms with E-state index in [1.807, 2.05) is 37.8 Å². The first-order chi connectivity index (χ1) is 15.7. The molecule has 0 aliphatic carbocycles. The number of amides is 1. The van der Waals surface area contributed by atoms with Gasteiger partial charge in [-0.3, -0.25) is 9.59 Å². The first-order valence-corrected chi connectivity index (χ1v) is 11.9. The molecule has 0 radical (unpaired) electrons. The number of halogens is 1. The number of fused-ring (bicyclic) bond motifs is 1. The van der Waals surface area contributed by atoms with Gasteiger partial charge in [0.2, 0.25) is 0 Å². The van der Waals surface area contributed by atoms with Crippen molar-refractivity contribution in [2.24, 2.45) is 0 Å². The number of rotatable bonds is 2. The van der Waals surface area contributed by atoms with Gasteiger partial charge in [-0.15, -0.1) is 11.3 Å².